The highest BCUT2D eigenvalue weighted by atomic mass is 16.5. The third-order valence-corrected chi connectivity index (χ3v) is 2.31. The molecule has 0 saturated carbocycles. The maximum atomic E-state index is 11.4. The number of nitrogens with zero attached hydrogens (tertiary/aromatic N) is 1. The van der Waals surface area contributed by atoms with Crippen molar-refractivity contribution in [2.45, 2.75) is 27.3 Å². The Morgan fingerprint density at radius 3 is 2.65 bits per heavy atom. The van der Waals surface area contributed by atoms with Crippen molar-refractivity contribution in [2.75, 3.05) is 13.2 Å². The molecule has 1 aromatic rings. The Hall–Kier alpha value is -1.56. The average Bonchev–Trinajstić information content (AvgIpc) is 2.24. The highest BCUT2D eigenvalue weighted by Crippen LogP contribution is 2.07. The van der Waals surface area contributed by atoms with Crippen molar-refractivity contribution >= 4 is 0 Å². The van der Waals surface area contributed by atoms with Crippen LogP contribution in [-0.4, -0.2) is 27.9 Å². The number of H-pyrrole nitrogens is 1. The van der Waals surface area contributed by atoms with Crippen LogP contribution in [0.1, 0.15) is 19.4 Å². The second-order valence-electron chi connectivity index (χ2n) is 4.33. The van der Waals surface area contributed by atoms with E-state index in [-0.39, 0.29) is 18.0 Å². The Morgan fingerprint density at radius 2 is 2.06 bits per heavy atom. The minimum absolute atomic E-state index is 0.133. The standard InChI is InChI=1S/C11H18N2O4/c1-7(2)6-17-5-4-13-10(15)8(3)9(14)12-11(13)16/h7,15H,4-6H2,1-3H3,(H,12,14,16). The zero-order valence-electron chi connectivity index (χ0n) is 10.3. The topological polar surface area (TPSA) is 84.3 Å². The average molecular weight is 242 g/mol. The first-order valence-corrected chi connectivity index (χ1v) is 5.54. The van der Waals surface area contributed by atoms with Crippen molar-refractivity contribution in [1.29, 1.82) is 0 Å². The first kappa shape index (κ1) is 13.5. The Bertz CT molecular complexity index is 487. The minimum atomic E-state index is -0.619. The first-order valence-electron chi connectivity index (χ1n) is 5.54. The summed E-state index contributed by atoms with van der Waals surface area (Å²) < 4.78 is 6.41. The second-order valence-corrected chi connectivity index (χ2v) is 4.33. The molecule has 0 bridgehead atoms. The predicted octanol–water partition coefficient (Wildman–Crippen LogP) is 0.223. The van der Waals surface area contributed by atoms with Gasteiger partial charge in [-0.1, -0.05) is 13.8 Å². The van der Waals surface area contributed by atoms with E-state index in [1.165, 1.54) is 6.92 Å². The fourth-order valence-electron chi connectivity index (χ4n) is 1.34. The summed E-state index contributed by atoms with van der Waals surface area (Å²) in [7, 11) is 0. The van der Waals surface area contributed by atoms with Crippen molar-refractivity contribution in [3.05, 3.63) is 26.4 Å². The molecule has 6 heteroatoms. The molecule has 0 amide bonds. The van der Waals surface area contributed by atoms with Gasteiger partial charge < -0.3 is 9.84 Å². The van der Waals surface area contributed by atoms with Gasteiger partial charge >= 0.3 is 5.69 Å². The summed E-state index contributed by atoms with van der Waals surface area (Å²) in [6.45, 7) is 6.63. The maximum Gasteiger partial charge on any atom is 0.331 e. The van der Waals surface area contributed by atoms with Crippen LogP contribution in [0.2, 0.25) is 0 Å². The van der Waals surface area contributed by atoms with Gasteiger partial charge in [-0.05, 0) is 12.8 Å². The van der Waals surface area contributed by atoms with E-state index < -0.39 is 11.2 Å². The van der Waals surface area contributed by atoms with E-state index in [0.29, 0.717) is 19.1 Å². The van der Waals surface area contributed by atoms with Crippen molar-refractivity contribution in [2.24, 2.45) is 5.92 Å². The molecule has 96 valence electrons. The molecule has 1 heterocycles. The number of hydrogen-bond donors (Lipinski definition) is 2. The van der Waals surface area contributed by atoms with Gasteiger partial charge in [-0.15, -0.1) is 0 Å². The van der Waals surface area contributed by atoms with E-state index in [4.69, 9.17) is 4.74 Å². The van der Waals surface area contributed by atoms with E-state index in [1.807, 2.05) is 13.8 Å². The third kappa shape index (κ3) is 3.45. The molecule has 0 aliphatic heterocycles. The Morgan fingerprint density at radius 1 is 1.41 bits per heavy atom. The van der Waals surface area contributed by atoms with Crippen molar-refractivity contribution < 1.29 is 9.84 Å². The summed E-state index contributed by atoms with van der Waals surface area (Å²) in [5.41, 5.74) is -1.05. The number of aromatic hydroxyl groups is 1. The van der Waals surface area contributed by atoms with E-state index in [2.05, 4.69) is 4.98 Å². The lowest BCUT2D eigenvalue weighted by Gasteiger charge is -2.10. The van der Waals surface area contributed by atoms with Crippen LogP contribution in [0.3, 0.4) is 0 Å². The summed E-state index contributed by atoms with van der Waals surface area (Å²) in [5, 5.41) is 9.66. The first-order chi connectivity index (χ1) is 7.93. The van der Waals surface area contributed by atoms with Gasteiger partial charge in [0, 0.05) is 6.61 Å². The van der Waals surface area contributed by atoms with E-state index >= 15 is 0 Å². The summed E-state index contributed by atoms with van der Waals surface area (Å²) in [4.78, 5) is 24.7. The molecule has 0 unspecified atom stereocenters. The molecule has 0 radical (unpaired) electrons. The normalized spacial score (nSPS) is 11.1. The molecular weight excluding hydrogens is 224 g/mol. The van der Waals surface area contributed by atoms with Crippen LogP contribution in [-0.2, 0) is 11.3 Å². The molecule has 6 nitrogen and oxygen atoms in total. The lowest BCUT2D eigenvalue weighted by molar-refractivity contribution is 0.100. The van der Waals surface area contributed by atoms with Crippen LogP contribution >= 0.6 is 0 Å². The van der Waals surface area contributed by atoms with Gasteiger partial charge in [0.25, 0.3) is 5.56 Å². The SMILES string of the molecule is Cc1c(O)n(CCOCC(C)C)c(=O)[nH]c1=O. The smallest absolute Gasteiger partial charge is 0.331 e. The molecule has 0 fully saturated rings. The maximum absolute atomic E-state index is 11.4. The molecule has 0 aliphatic carbocycles. The molecule has 1 rings (SSSR count). The van der Waals surface area contributed by atoms with Gasteiger partial charge in [-0.25, -0.2) is 4.79 Å². The number of hydrogen-bond acceptors (Lipinski definition) is 4. The van der Waals surface area contributed by atoms with Gasteiger partial charge in [-0.2, -0.15) is 0 Å². The molecule has 0 atom stereocenters. The van der Waals surface area contributed by atoms with Crippen LogP contribution in [0.5, 0.6) is 5.88 Å². The lowest BCUT2D eigenvalue weighted by Crippen LogP contribution is -2.32. The van der Waals surface area contributed by atoms with Crippen LogP contribution in [0.15, 0.2) is 9.59 Å². The Balaban J connectivity index is 2.75. The molecule has 17 heavy (non-hydrogen) atoms. The summed E-state index contributed by atoms with van der Waals surface area (Å²) in [6.07, 6.45) is 0. The van der Waals surface area contributed by atoms with Crippen molar-refractivity contribution in [1.82, 2.24) is 9.55 Å². The number of ether oxygens (including phenoxy) is 1. The van der Waals surface area contributed by atoms with Crippen molar-refractivity contribution in [3.63, 3.8) is 0 Å². The quantitative estimate of drug-likeness (QED) is 0.723. The van der Waals surface area contributed by atoms with Gasteiger partial charge in [0.15, 0.2) is 0 Å². The zero-order chi connectivity index (χ0) is 13.0. The highest BCUT2D eigenvalue weighted by molar-refractivity contribution is 5.20. The van der Waals surface area contributed by atoms with E-state index in [9.17, 15) is 14.7 Å². The second kappa shape index (κ2) is 5.67. The molecule has 0 saturated heterocycles. The summed E-state index contributed by atoms with van der Waals surface area (Å²) in [6, 6.07) is 0. The summed E-state index contributed by atoms with van der Waals surface area (Å²) >= 11 is 0. The Kier molecular flexibility index (Phi) is 4.51. The minimum Gasteiger partial charge on any atom is -0.494 e. The van der Waals surface area contributed by atoms with Gasteiger partial charge in [-0.3, -0.25) is 14.3 Å². The molecular formula is C11H18N2O4. The molecule has 2 N–H and O–H groups in total. The van der Waals surface area contributed by atoms with Gasteiger partial charge in [0.2, 0.25) is 5.88 Å². The fourth-order valence-corrected chi connectivity index (χ4v) is 1.34. The van der Waals surface area contributed by atoms with Crippen LogP contribution in [0.25, 0.3) is 0 Å². The van der Waals surface area contributed by atoms with Crippen LogP contribution in [0.4, 0.5) is 0 Å². The monoisotopic (exact) mass is 242 g/mol. The van der Waals surface area contributed by atoms with E-state index in [0.717, 1.165) is 4.57 Å². The predicted molar refractivity (Wildman–Crippen MR) is 63.4 cm³/mol. The van der Waals surface area contributed by atoms with Gasteiger partial charge in [0.1, 0.15) is 0 Å². The summed E-state index contributed by atoms with van der Waals surface area (Å²) in [5.74, 6) is 0.115. The number of nitrogens with one attached hydrogen (secondary N) is 1. The number of aromatic amines is 1. The number of rotatable bonds is 5. The Labute approximate surface area is 98.9 Å². The molecule has 1 aromatic heterocycles. The van der Waals surface area contributed by atoms with Crippen LogP contribution in [0, 0.1) is 12.8 Å². The highest BCUT2D eigenvalue weighted by Gasteiger charge is 2.09. The molecule has 0 aromatic carbocycles. The van der Waals surface area contributed by atoms with Crippen LogP contribution < -0.4 is 11.2 Å². The third-order valence-electron chi connectivity index (χ3n) is 2.31. The molecule has 0 spiro atoms. The molecule has 0 aliphatic rings. The van der Waals surface area contributed by atoms with Crippen molar-refractivity contribution in [3.8, 4) is 5.88 Å². The fraction of sp³-hybridized carbons (Fsp3) is 0.636. The number of aromatic nitrogens is 2. The van der Waals surface area contributed by atoms with E-state index in [1.54, 1.807) is 0 Å². The van der Waals surface area contributed by atoms with Gasteiger partial charge in [0.05, 0.1) is 18.7 Å². The largest absolute Gasteiger partial charge is 0.494 e. The zero-order valence-corrected chi connectivity index (χ0v) is 10.3. The lowest BCUT2D eigenvalue weighted by atomic mass is 10.2.